The highest BCUT2D eigenvalue weighted by Gasteiger charge is 2.32. The standard InChI is InChI=1S/C21H23F3N4O2S/c1-2-17(16-12-29-10-9-25-16)30-14-5-3-13(4-6-14)26-20-11-15(27-28-20)18-7-8-19(31-18)21(22,23)24/h3-8,11,16-17,25H,2,9-10,12H2,1H3,(H2,26,27,28). The normalized spacial score (nSPS) is 18.0. The summed E-state index contributed by atoms with van der Waals surface area (Å²) < 4.78 is 50.0. The topological polar surface area (TPSA) is 71.2 Å². The maximum Gasteiger partial charge on any atom is 0.425 e. The number of thiophene rings is 1. The minimum Gasteiger partial charge on any atom is -0.489 e. The van der Waals surface area contributed by atoms with Crippen molar-refractivity contribution < 1.29 is 22.6 Å². The molecule has 0 aliphatic carbocycles. The fourth-order valence-corrected chi connectivity index (χ4v) is 4.20. The lowest BCUT2D eigenvalue weighted by atomic mass is 10.1. The number of aromatic amines is 1. The highest BCUT2D eigenvalue weighted by Crippen LogP contribution is 2.38. The molecular formula is C21H23F3N4O2S. The van der Waals surface area contributed by atoms with Gasteiger partial charge in [0.2, 0.25) is 0 Å². The summed E-state index contributed by atoms with van der Waals surface area (Å²) in [6, 6.07) is 11.8. The van der Waals surface area contributed by atoms with Crippen molar-refractivity contribution >= 4 is 22.8 Å². The van der Waals surface area contributed by atoms with Crippen molar-refractivity contribution in [2.24, 2.45) is 0 Å². The van der Waals surface area contributed by atoms with Crippen LogP contribution >= 0.6 is 11.3 Å². The number of anilines is 2. The Morgan fingerprint density at radius 3 is 2.71 bits per heavy atom. The van der Waals surface area contributed by atoms with Crippen LogP contribution in [0.15, 0.2) is 42.5 Å². The molecule has 31 heavy (non-hydrogen) atoms. The SMILES string of the molecule is CCC(Oc1ccc(Nc2cc(-c3ccc(C(F)(F)F)s3)n[nH]2)cc1)C1COCCN1. The van der Waals surface area contributed by atoms with Gasteiger partial charge in [0.05, 0.1) is 24.1 Å². The van der Waals surface area contributed by atoms with Gasteiger partial charge in [-0.3, -0.25) is 5.10 Å². The Bertz CT molecular complexity index is 981. The van der Waals surface area contributed by atoms with E-state index in [-0.39, 0.29) is 12.1 Å². The van der Waals surface area contributed by atoms with Crippen molar-refractivity contribution in [1.29, 1.82) is 0 Å². The number of rotatable bonds is 7. The number of H-pyrrole nitrogens is 1. The van der Waals surface area contributed by atoms with Gasteiger partial charge >= 0.3 is 6.18 Å². The van der Waals surface area contributed by atoms with Gasteiger partial charge in [0.25, 0.3) is 0 Å². The molecule has 166 valence electrons. The largest absolute Gasteiger partial charge is 0.489 e. The van der Waals surface area contributed by atoms with Gasteiger partial charge < -0.3 is 20.1 Å². The summed E-state index contributed by atoms with van der Waals surface area (Å²) in [4.78, 5) is -0.192. The van der Waals surface area contributed by atoms with Crippen molar-refractivity contribution in [3.8, 4) is 16.3 Å². The van der Waals surface area contributed by atoms with Crippen molar-refractivity contribution in [3.63, 3.8) is 0 Å². The molecule has 2 atom stereocenters. The number of aromatic nitrogens is 2. The average Bonchev–Trinajstić information content (AvgIpc) is 3.43. The van der Waals surface area contributed by atoms with E-state index in [9.17, 15) is 13.2 Å². The summed E-state index contributed by atoms with van der Waals surface area (Å²) in [5.74, 6) is 1.34. The molecule has 6 nitrogen and oxygen atoms in total. The first kappa shape index (κ1) is 21.7. The first-order chi connectivity index (χ1) is 14.9. The Morgan fingerprint density at radius 2 is 2.06 bits per heavy atom. The van der Waals surface area contributed by atoms with Gasteiger partial charge in [-0.1, -0.05) is 6.92 Å². The molecule has 1 aromatic carbocycles. The zero-order chi connectivity index (χ0) is 21.8. The summed E-state index contributed by atoms with van der Waals surface area (Å²) in [7, 11) is 0. The van der Waals surface area contributed by atoms with Crippen LogP contribution in [0.5, 0.6) is 5.75 Å². The van der Waals surface area contributed by atoms with E-state index in [1.807, 2.05) is 24.3 Å². The molecule has 3 N–H and O–H groups in total. The third kappa shape index (κ3) is 5.38. The minimum atomic E-state index is -4.35. The summed E-state index contributed by atoms with van der Waals surface area (Å²) in [5, 5.41) is 13.5. The number of hydrogen-bond acceptors (Lipinski definition) is 6. The third-order valence-electron chi connectivity index (χ3n) is 4.94. The van der Waals surface area contributed by atoms with Crippen LogP contribution < -0.4 is 15.4 Å². The van der Waals surface area contributed by atoms with Gasteiger partial charge in [-0.25, -0.2) is 0 Å². The Balaban J connectivity index is 1.37. The van der Waals surface area contributed by atoms with Crippen molar-refractivity contribution in [2.75, 3.05) is 25.1 Å². The first-order valence-electron chi connectivity index (χ1n) is 10.00. The molecule has 2 unspecified atom stereocenters. The van der Waals surface area contributed by atoms with Crippen LogP contribution in [0.2, 0.25) is 0 Å². The highest BCUT2D eigenvalue weighted by molar-refractivity contribution is 7.15. The fourth-order valence-electron chi connectivity index (χ4n) is 3.36. The molecule has 1 fully saturated rings. The van der Waals surface area contributed by atoms with Gasteiger partial charge in [-0.15, -0.1) is 11.3 Å². The van der Waals surface area contributed by atoms with E-state index < -0.39 is 11.1 Å². The quantitative estimate of drug-likeness (QED) is 0.468. The molecule has 0 spiro atoms. The molecule has 3 aromatic rings. The molecule has 4 rings (SSSR count). The fraction of sp³-hybridized carbons (Fsp3) is 0.381. The molecule has 0 saturated carbocycles. The summed E-state index contributed by atoms with van der Waals surface area (Å²) in [6.45, 7) is 4.26. The number of nitrogens with one attached hydrogen (secondary N) is 3. The Labute approximate surface area is 181 Å². The highest BCUT2D eigenvalue weighted by atomic mass is 32.1. The second kappa shape index (κ2) is 9.29. The molecule has 1 aliphatic rings. The maximum atomic E-state index is 12.8. The molecule has 3 heterocycles. The molecule has 0 radical (unpaired) electrons. The number of morpholine rings is 1. The minimum absolute atomic E-state index is 0.0154. The van der Waals surface area contributed by atoms with Crippen LogP contribution in [0, 0.1) is 0 Å². The maximum absolute atomic E-state index is 12.8. The lowest BCUT2D eigenvalue weighted by molar-refractivity contribution is -0.134. The Kier molecular flexibility index (Phi) is 6.49. The van der Waals surface area contributed by atoms with E-state index in [0.29, 0.717) is 34.3 Å². The molecule has 1 aliphatic heterocycles. The molecular weight excluding hydrogens is 429 g/mol. The predicted molar refractivity (Wildman–Crippen MR) is 114 cm³/mol. The lowest BCUT2D eigenvalue weighted by Crippen LogP contribution is -2.50. The van der Waals surface area contributed by atoms with E-state index >= 15 is 0 Å². The smallest absolute Gasteiger partial charge is 0.425 e. The number of hydrogen-bond donors (Lipinski definition) is 3. The number of halogens is 3. The van der Waals surface area contributed by atoms with Gasteiger partial charge in [-0.2, -0.15) is 18.3 Å². The predicted octanol–water partition coefficient (Wildman–Crippen LogP) is 5.05. The summed E-state index contributed by atoms with van der Waals surface area (Å²) in [5.41, 5.74) is 1.26. The van der Waals surface area contributed by atoms with Crippen LogP contribution in [0.3, 0.4) is 0 Å². The molecule has 0 amide bonds. The Hall–Kier alpha value is -2.56. The molecule has 2 aromatic heterocycles. The number of ether oxygens (including phenoxy) is 2. The number of benzene rings is 1. The van der Waals surface area contributed by atoms with Crippen molar-refractivity contribution in [1.82, 2.24) is 15.5 Å². The first-order valence-corrected chi connectivity index (χ1v) is 10.8. The third-order valence-corrected chi connectivity index (χ3v) is 6.09. The lowest BCUT2D eigenvalue weighted by Gasteiger charge is -2.31. The Morgan fingerprint density at radius 1 is 1.26 bits per heavy atom. The van der Waals surface area contributed by atoms with Crippen LogP contribution in [-0.4, -0.2) is 42.1 Å². The van der Waals surface area contributed by atoms with Crippen LogP contribution in [0.25, 0.3) is 10.6 Å². The molecule has 10 heteroatoms. The monoisotopic (exact) mass is 452 g/mol. The second-order valence-electron chi connectivity index (χ2n) is 7.18. The number of alkyl halides is 3. The summed E-state index contributed by atoms with van der Waals surface area (Å²) >= 11 is 0.668. The van der Waals surface area contributed by atoms with Crippen LogP contribution in [0.1, 0.15) is 18.2 Å². The van der Waals surface area contributed by atoms with Gasteiger partial charge in [0.1, 0.15) is 28.2 Å². The van der Waals surface area contributed by atoms with E-state index in [1.54, 1.807) is 6.07 Å². The summed E-state index contributed by atoms with van der Waals surface area (Å²) in [6.07, 6.45) is -3.47. The van der Waals surface area contributed by atoms with E-state index in [0.717, 1.165) is 37.1 Å². The zero-order valence-electron chi connectivity index (χ0n) is 16.8. The molecule has 1 saturated heterocycles. The van der Waals surface area contributed by atoms with Gasteiger partial charge in [0, 0.05) is 18.3 Å². The van der Waals surface area contributed by atoms with E-state index in [1.165, 1.54) is 6.07 Å². The second-order valence-corrected chi connectivity index (χ2v) is 8.26. The van der Waals surface area contributed by atoms with E-state index in [2.05, 4.69) is 27.8 Å². The van der Waals surface area contributed by atoms with E-state index in [4.69, 9.17) is 9.47 Å². The van der Waals surface area contributed by atoms with Crippen molar-refractivity contribution in [2.45, 2.75) is 31.7 Å². The van der Waals surface area contributed by atoms with Crippen molar-refractivity contribution in [3.05, 3.63) is 47.3 Å². The van der Waals surface area contributed by atoms with Crippen LogP contribution in [0.4, 0.5) is 24.7 Å². The van der Waals surface area contributed by atoms with Gasteiger partial charge in [0.15, 0.2) is 0 Å². The zero-order valence-corrected chi connectivity index (χ0v) is 17.6. The molecule has 0 bridgehead atoms. The number of nitrogens with zero attached hydrogens (tertiary/aromatic N) is 1. The van der Waals surface area contributed by atoms with Crippen LogP contribution in [-0.2, 0) is 10.9 Å². The van der Waals surface area contributed by atoms with Gasteiger partial charge in [-0.05, 0) is 42.8 Å². The average molecular weight is 453 g/mol.